The monoisotopic (exact) mass is 470 g/mol. The van der Waals surface area contributed by atoms with Gasteiger partial charge in [0, 0.05) is 25.4 Å². The number of anilines is 1. The van der Waals surface area contributed by atoms with Crippen LogP contribution >= 0.6 is 0 Å². The molecule has 0 saturated heterocycles. The Labute approximate surface area is 200 Å². The molecule has 1 aromatic carbocycles. The van der Waals surface area contributed by atoms with E-state index in [1.165, 1.54) is 6.92 Å². The number of benzene rings is 1. The second-order valence-corrected chi connectivity index (χ2v) is 9.85. The van der Waals surface area contributed by atoms with Crippen LogP contribution in [0.25, 0.3) is 0 Å². The molecule has 34 heavy (non-hydrogen) atoms. The molecule has 3 N–H and O–H groups in total. The maximum absolute atomic E-state index is 12.8. The average Bonchev–Trinajstić information content (AvgIpc) is 3.28. The Morgan fingerprint density at radius 1 is 1.32 bits per heavy atom. The highest BCUT2D eigenvalue weighted by molar-refractivity contribution is 6.00. The standard InChI is InChI=1S/C25H34N4O5/c1-16(30)20(29-24(32)33-15-25(2,3)4)13-17-7-8-22-19(12-17)21(31)14-18(34-22)6-5-9-26-23-27-10-11-28-23/h7-8,10-12,18,20H,5-6,9,13-15H2,1-4H3,(H,29,32)(H2,26,27,28). The third-order valence-corrected chi connectivity index (χ3v) is 5.40. The fourth-order valence-corrected chi connectivity index (χ4v) is 3.62. The molecule has 0 radical (unpaired) electrons. The lowest BCUT2D eigenvalue weighted by molar-refractivity contribution is -0.118. The first-order chi connectivity index (χ1) is 16.1. The first-order valence-corrected chi connectivity index (χ1v) is 11.6. The summed E-state index contributed by atoms with van der Waals surface area (Å²) in [6.45, 7) is 8.26. The lowest BCUT2D eigenvalue weighted by Crippen LogP contribution is -2.42. The highest BCUT2D eigenvalue weighted by Crippen LogP contribution is 2.30. The SMILES string of the molecule is CC(=O)C(Cc1ccc2c(c1)C(=O)CC(CCCNc1ncc[nH]1)O2)NC(=O)OCC(C)(C)C. The van der Waals surface area contributed by atoms with Gasteiger partial charge >= 0.3 is 6.09 Å². The Kier molecular flexibility index (Phi) is 8.31. The number of aromatic amines is 1. The summed E-state index contributed by atoms with van der Waals surface area (Å²) in [5.41, 5.74) is 1.11. The first kappa shape index (κ1) is 25.3. The van der Waals surface area contributed by atoms with Crippen molar-refractivity contribution >= 4 is 23.6 Å². The van der Waals surface area contributed by atoms with Crippen LogP contribution in [0.5, 0.6) is 5.75 Å². The summed E-state index contributed by atoms with van der Waals surface area (Å²) < 4.78 is 11.3. The molecular formula is C25H34N4O5. The van der Waals surface area contributed by atoms with Crippen molar-refractivity contribution in [2.24, 2.45) is 5.41 Å². The van der Waals surface area contributed by atoms with Gasteiger partial charge in [0.2, 0.25) is 0 Å². The van der Waals surface area contributed by atoms with Crippen molar-refractivity contribution in [3.8, 4) is 5.75 Å². The minimum absolute atomic E-state index is 0.0176. The molecule has 0 bridgehead atoms. The first-order valence-electron chi connectivity index (χ1n) is 11.6. The second kappa shape index (κ2) is 11.2. The molecule has 1 aromatic heterocycles. The number of Topliss-reactive ketones (excluding diaryl/α,β-unsaturated/α-hetero) is 2. The van der Waals surface area contributed by atoms with E-state index in [-0.39, 0.29) is 36.1 Å². The fraction of sp³-hybridized carbons (Fsp3) is 0.520. The summed E-state index contributed by atoms with van der Waals surface area (Å²) in [7, 11) is 0. The number of carbonyl (C=O) groups excluding carboxylic acids is 3. The van der Waals surface area contributed by atoms with E-state index >= 15 is 0 Å². The topological polar surface area (TPSA) is 122 Å². The molecule has 2 atom stereocenters. The van der Waals surface area contributed by atoms with Crippen molar-refractivity contribution in [2.45, 2.75) is 65.5 Å². The van der Waals surface area contributed by atoms with E-state index in [0.29, 0.717) is 17.7 Å². The normalized spacial score (nSPS) is 16.2. The van der Waals surface area contributed by atoms with Gasteiger partial charge in [0.1, 0.15) is 11.9 Å². The predicted octanol–water partition coefficient (Wildman–Crippen LogP) is 3.91. The van der Waals surface area contributed by atoms with E-state index < -0.39 is 12.1 Å². The van der Waals surface area contributed by atoms with Gasteiger partial charge in [-0.1, -0.05) is 26.8 Å². The molecule has 1 aliphatic heterocycles. The number of hydrogen-bond donors (Lipinski definition) is 3. The Balaban J connectivity index is 1.54. The van der Waals surface area contributed by atoms with E-state index in [0.717, 1.165) is 30.9 Å². The third kappa shape index (κ3) is 7.60. The Hall–Kier alpha value is -3.36. The lowest BCUT2D eigenvalue weighted by atomic mass is 9.94. The molecule has 2 aromatic rings. The number of imidazole rings is 1. The van der Waals surface area contributed by atoms with Crippen LogP contribution in [0.4, 0.5) is 10.7 Å². The number of ketones is 2. The zero-order valence-corrected chi connectivity index (χ0v) is 20.3. The van der Waals surface area contributed by atoms with Crippen LogP contribution < -0.4 is 15.4 Å². The number of alkyl carbamates (subject to hydrolysis) is 1. The summed E-state index contributed by atoms with van der Waals surface area (Å²) in [4.78, 5) is 44.1. The van der Waals surface area contributed by atoms with E-state index in [2.05, 4.69) is 20.6 Å². The zero-order chi connectivity index (χ0) is 24.7. The van der Waals surface area contributed by atoms with Crippen LogP contribution in [0.2, 0.25) is 0 Å². The average molecular weight is 471 g/mol. The third-order valence-electron chi connectivity index (χ3n) is 5.40. The van der Waals surface area contributed by atoms with Crippen LogP contribution in [0, 0.1) is 5.41 Å². The van der Waals surface area contributed by atoms with Gasteiger partial charge in [0.15, 0.2) is 17.5 Å². The molecular weight excluding hydrogens is 436 g/mol. The van der Waals surface area contributed by atoms with Crippen molar-refractivity contribution in [2.75, 3.05) is 18.5 Å². The van der Waals surface area contributed by atoms with Crippen molar-refractivity contribution in [3.63, 3.8) is 0 Å². The van der Waals surface area contributed by atoms with E-state index in [1.54, 1.807) is 24.5 Å². The number of carbonyl (C=O) groups is 3. The molecule has 184 valence electrons. The summed E-state index contributed by atoms with van der Waals surface area (Å²) in [5, 5.41) is 5.82. The van der Waals surface area contributed by atoms with Gasteiger partial charge in [-0.25, -0.2) is 9.78 Å². The maximum atomic E-state index is 12.8. The van der Waals surface area contributed by atoms with Gasteiger partial charge < -0.3 is 25.1 Å². The van der Waals surface area contributed by atoms with E-state index in [9.17, 15) is 14.4 Å². The molecule has 0 saturated carbocycles. The molecule has 0 fully saturated rings. The zero-order valence-electron chi connectivity index (χ0n) is 20.3. The van der Waals surface area contributed by atoms with Gasteiger partial charge in [0.25, 0.3) is 0 Å². The van der Waals surface area contributed by atoms with E-state index in [1.807, 2.05) is 26.8 Å². The number of nitrogens with one attached hydrogen (secondary N) is 3. The Morgan fingerprint density at radius 3 is 2.79 bits per heavy atom. The van der Waals surface area contributed by atoms with Crippen LogP contribution in [0.1, 0.15) is 62.9 Å². The highest BCUT2D eigenvalue weighted by atomic mass is 16.5. The summed E-state index contributed by atoms with van der Waals surface area (Å²) in [6, 6.07) is 4.61. The van der Waals surface area contributed by atoms with Crippen LogP contribution in [0.15, 0.2) is 30.6 Å². The number of hydrogen-bond acceptors (Lipinski definition) is 7. The number of ether oxygens (including phenoxy) is 2. The van der Waals surface area contributed by atoms with E-state index in [4.69, 9.17) is 9.47 Å². The van der Waals surface area contributed by atoms with Gasteiger partial charge in [-0.15, -0.1) is 0 Å². The van der Waals surface area contributed by atoms with Crippen LogP contribution in [-0.2, 0) is 16.0 Å². The largest absolute Gasteiger partial charge is 0.489 e. The van der Waals surface area contributed by atoms with Crippen molar-refractivity contribution < 1.29 is 23.9 Å². The number of aromatic nitrogens is 2. The number of H-pyrrole nitrogens is 1. The summed E-state index contributed by atoms with van der Waals surface area (Å²) in [5.74, 6) is 1.11. The van der Waals surface area contributed by atoms with Gasteiger partial charge in [-0.05, 0) is 49.3 Å². The minimum atomic E-state index is -0.737. The van der Waals surface area contributed by atoms with Crippen LogP contribution in [0.3, 0.4) is 0 Å². The Bertz CT molecular complexity index is 997. The number of fused-ring (bicyclic) bond motifs is 1. The predicted molar refractivity (Wildman–Crippen MR) is 128 cm³/mol. The van der Waals surface area contributed by atoms with Crippen LogP contribution in [-0.4, -0.2) is 52.9 Å². The summed E-state index contributed by atoms with van der Waals surface area (Å²) in [6.07, 6.45) is 4.79. The molecule has 0 aliphatic carbocycles. The molecule has 0 spiro atoms. The van der Waals surface area contributed by atoms with Crippen molar-refractivity contribution in [1.29, 1.82) is 0 Å². The molecule has 1 amide bonds. The molecule has 9 heteroatoms. The number of nitrogens with zero attached hydrogens (tertiary/aromatic N) is 1. The maximum Gasteiger partial charge on any atom is 0.407 e. The molecule has 3 rings (SSSR count). The molecule has 2 unspecified atom stereocenters. The van der Waals surface area contributed by atoms with Gasteiger partial charge in [0.05, 0.1) is 18.2 Å². The second-order valence-electron chi connectivity index (χ2n) is 9.85. The fourth-order valence-electron chi connectivity index (χ4n) is 3.62. The van der Waals surface area contributed by atoms with Crippen molar-refractivity contribution in [3.05, 3.63) is 41.7 Å². The number of amides is 1. The smallest absolute Gasteiger partial charge is 0.407 e. The van der Waals surface area contributed by atoms with Gasteiger partial charge in [-0.2, -0.15) is 0 Å². The minimum Gasteiger partial charge on any atom is -0.489 e. The molecule has 1 aliphatic rings. The lowest BCUT2D eigenvalue weighted by Gasteiger charge is -2.26. The molecule has 2 heterocycles. The Morgan fingerprint density at radius 2 is 2.12 bits per heavy atom. The highest BCUT2D eigenvalue weighted by Gasteiger charge is 2.27. The molecule has 9 nitrogen and oxygen atoms in total. The quantitative estimate of drug-likeness (QED) is 0.450. The summed E-state index contributed by atoms with van der Waals surface area (Å²) >= 11 is 0. The van der Waals surface area contributed by atoms with Crippen molar-refractivity contribution in [1.82, 2.24) is 15.3 Å². The van der Waals surface area contributed by atoms with Gasteiger partial charge in [-0.3, -0.25) is 9.59 Å². The number of rotatable bonds is 10.